The van der Waals surface area contributed by atoms with Gasteiger partial charge in [0.15, 0.2) is 5.82 Å². The molecule has 29 heavy (non-hydrogen) atoms. The molecule has 4 aromatic heterocycles. The van der Waals surface area contributed by atoms with Crippen molar-refractivity contribution in [1.29, 1.82) is 0 Å². The lowest BCUT2D eigenvalue weighted by Crippen LogP contribution is -1.91. The van der Waals surface area contributed by atoms with Gasteiger partial charge in [0.25, 0.3) is 0 Å². The van der Waals surface area contributed by atoms with Gasteiger partial charge in [0.05, 0.1) is 40.2 Å². The minimum absolute atomic E-state index is 0.551. The number of ether oxygens (including phenoxy) is 1. The number of nitrogens with one attached hydrogen (secondary N) is 1. The van der Waals surface area contributed by atoms with Crippen molar-refractivity contribution in [3.8, 4) is 38.3 Å². The Balaban J connectivity index is 1.81. The number of pyridine rings is 1. The van der Waals surface area contributed by atoms with Crippen LogP contribution in [-0.4, -0.2) is 36.9 Å². The summed E-state index contributed by atoms with van der Waals surface area (Å²) in [5.74, 6) is 1.20. The van der Waals surface area contributed by atoms with Gasteiger partial charge in [-0.15, -0.1) is 11.3 Å². The number of aromatic amines is 1. The van der Waals surface area contributed by atoms with Crippen molar-refractivity contribution in [2.45, 2.75) is 6.92 Å². The summed E-state index contributed by atoms with van der Waals surface area (Å²) in [6, 6.07) is 11.5. The van der Waals surface area contributed by atoms with Crippen LogP contribution in [0.1, 0.15) is 5.69 Å². The Hall–Kier alpha value is -3.23. The van der Waals surface area contributed by atoms with E-state index in [0.717, 1.165) is 26.7 Å². The molecule has 1 N–H and O–H groups in total. The van der Waals surface area contributed by atoms with Gasteiger partial charge in [-0.25, -0.2) is 14.5 Å². The second-order valence-corrected chi connectivity index (χ2v) is 7.73. The lowest BCUT2D eigenvalue weighted by Gasteiger charge is -2.09. The molecule has 0 fully saturated rings. The van der Waals surface area contributed by atoms with Gasteiger partial charge in [0.2, 0.25) is 0 Å². The first kappa shape index (κ1) is 17.8. The van der Waals surface area contributed by atoms with Gasteiger partial charge in [-0.2, -0.15) is 10.2 Å². The maximum absolute atomic E-state index is 6.56. The zero-order valence-corrected chi connectivity index (χ0v) is 17.1. The van der Waals surface area contributed by atoms with E-state index in [1.165, 1.54) is 11.3 Å². The summed E-state index contributed by atoms with van der Waals surface area (Å²) in [6.07, 6.45) is 3.47. The molecule has 9 heteroatoms. The van der Waals surface area contributed by atoms with Crippen molar-refractivity contribution in [1.82, 2.24) is 29.8 Å². The molecule has 0 amide bonds. The summed E-state index contributed by atoms with van der Waals surface area (Å²) < 4.78 is 7.42. The van der Waals surface area contributed by atoms with Gasteiger partial charge < -0.3 is 4.74 Å². The normalized spacial score (nSPS) is 11.3. The first-order valence-electron chi connectivity index (χ1n) is 8.81. The molecule has 0 atom stereocenters. The van der Waals surface area contributed by atoms with Crippen molar-refractivity contribution in [2.75, 3.05) is 7.11 Å². The molecule has 0 aliphatic heterocycles. The predicted octanol–water partition coefficient (Wildman–Crippen LogP) is 4.88. The summed E-state index contributed by atoms with van der Waals surface area (Å²) >= 11 is 8.06. The molecule has 5 rings (SSSR count). The molecule has 0 bridgehead atoms. The Morgan fingerprint density at radius 2 is 2.03 bits per heavy atom. The van der Waals surface area contributed by atoms with Crippen molar-refractivity contribution in [2.24, 2.45) is 0 Å². The van der Waals surface area contributed by atoms with E-state index in [-0.39, 0.29) is 0 Å². The molecule has 0 aliphatic carbocycles. The maximum Gasteiger partial charge on any atom is 0.193 e. The highest BCUT2D eigenvalue weighted by atomic mass is 35.5. The molecule has 0 radical (unpaired) electrons. The van der Waals surface area contributed by atoms with Crippen LogP contribution in [0.25, 0.3) is 38.0 Å². The third kappa shape index (κ3) is 2.88. The van der Waals surface area contributed by atoms with Crippen LogP contribution in [0.2, 0.25) is 5.02 Å². The van der Waals surface area contributed by atoms with Crippen molar-refractivity contribution >= 4 is 28.5 Å². The quantitative estimate of drug-likeness (QED) is 0.446. The van der Waals surface area contributed by atoms with E-state index >= 15 is 0 Å². The SMILES string of the molecule is COc1cccc(Cl)c1-c1nc(-c2c(C)nn3ccccc23)sc1-c1nc[nH]n1. The van der Waals surface area contributed by atoms with Gasteiger partial charge in [-0.3, -0.25) is 5.10 Å². The highest BCUT2D eigenvalue weighted by Crippen LogP contribution is 2.45. The molecule has 0 spiro atoms. The number of aromatic nitrogens is 6. The minimum Gasteiger partial charge on any atom is -0.496 e. The molecule has 0 aliphatic rings. The molecule has 1 aromatic carbocycles. The van der Waals surface area contributed by atoms with Crippen molar-refractivity contribution < 1.29 is 4.74 Å². The van der Waals surface area contributed by atoms with Gasteiger partial charge in [-0.1, -0.05) is 23.7 Å². The monoisotopic (exact) mass is 422 g/mol. The van der Waals surface area contributed by atoms with Crippen LogP contribution in [0.3, 0.4) is 0 Å². The van der Waals surface area contributed by atoms with E-state index in [9.17, 15) is 0 Å². The number of aryl methyl sites for hydroxylation is 1. The van der Waals surface area contributed by atoms with Gasteiger partial charge in [-0.05, 0) is 31.2 Å². The summed E-state index contributed by atoms with van der Waals surface area (Å²) in [4.78, 5) is 10.1. The number of hydrogen-bond acceptors (Lipinski definition) is 6. The predicted molar refractivity (Wildman–Crippen MR) is 113 cm³/mol. The number of rotatable bonds is 4. The molecule has 5 aromatic rings. The zero-order valence-electron chi connectivity index (χ0n) is 15.5. The van der Waals surface area contributed by atoms with Gasteiger partial charge in [0.1, 0.15) is 22.0 Å². The highest BCUT2D eigenvalue weighted by molar-refractivity contribution is 7.19. The number of methoxy groups -OCH3 is 1. The third-order valence-electron chi connectivity index (χ3n) is 4.61. The average Bonchev–Trinajstić information content (AvgIpc) is 3.45. The molecule has 4 heterocycles. The molecular formula is C20H15ClN6OS. The number of H-pyrrole nitrogens is 1. The Morgan fingerprint density at radius 3 is 2.83 bits per heavy atom. The maximum atomic E-state index is 6.56. The second kappa shape index (κ2) is 6.98. The number of nitrogens with zero attached hydrogens (tertiary/aromatic N) is 5. The Labute approximate surface area is 175 Å². The van der Waals surface area contributed by atoms with Crippen LogP contribution >= 0.6 is 22.9 Å². The number of hydrogen-bond donors (Lipinski definition) is 1. The topological polar surface area (TPSA) is 81.0 Å². The van der Waals surface area contributed by atoms with Gasteiger partial charge in [0, 0.05) is 6.20 Å². The lowest BCUT2D eigenvalue weighted by molar-refractivity contribution is 0.416. The number of benzene rings is 1. The van der Waals surface area contributed by atoms with E-state index in [1.807, 2.05) is 54.0 Å². The molecule has 7 nitrogen and oxygen atoms in total. The van der Waals surface area contributed by atoms with E-state index < -0.39 is 0 Å². The Morgan fingerprint density at radius 1 is 1.14 bits per heavy atom. The first-order valence-corrected chi connectivity index (χ1v) is 10.0. The molecular weight excluding hydrogens is 408 g/mol. The first-order chi connectivity index (χ1) is 14.2. The fourth-order valence-electron chi connectivity index (χ4n) is 3.35. The number of halogens is 1. The summed E-state index contributed by atoms with van der Waals surface area (Å²) in [5.41, 5.74) is 4.25. The van der Waals surface area contributed by atoms with E-state index in [0.29, 0.717) is 27.9 Å². The van der Waals surface area contributed by atoms with Crippen LogP contribution in [0.4, 0.5) is 0 Å². The fraction of sp³-hybridized carbons (Fsp3) is 0.100. The highest BCUT2D eigenvalue weighted by Gasteiger charge is 2.25. The average molecular weight is 423 g/mol. The van der Waals surface area contributed by atoms with Crippen molar-refractivity contribution in [3.05, 3.63) is 59.6 Å². The standard InChI is InChI=1S/C20H15ClN6OS/c1-11-15(13-7-3-4-9-27(13)26-11)20-24-17(18(29-20)19-22-10-23-25-19)16-12(21)6-5-8-14(16)28-2/h3-10H,1-2H3,(H,22,23,25). The third-order valence-corrected chi connectivity index (χ3v) is 5.99. The van der Waals surface area contributed by atoms with Crippen LogP contribution in [0, 0.1) is 6.92 Å². The van der Waals surface area contributed by atoms with E-state index in [1.54, 1.807) is 13.4 Å². The van der Waals surface area contributed by atoms with E-state index in [4.69, 9.17) is 21.3 Å². The smallest absolute Gasteiger partial charge is 0.193 e. The molecule has 0 unspecified atom stereocenters. The zero-order chi connectivity index (χ0) is 20.0. The Kier molecular flexibility index (Phi) is 4.30. The Bertz CT molecular complexity index is 1320. The summed E-state index contributed by atoms with van der Waals surface area (Å²) in [6.45, 7) is 1.98. The van der Waals surface area contributed by atoms with Crippen LogP contribution < -0.4 is 4.74 Å². The summed E-state index contributed by atoms with van der Waals surface area (Å²) in [7, 11) is 1.62. The van der Waals surface area contributed by atoms with Gasteiger partial charge >= 0.3 is 0 Å². The van der Waals surface area contributed by atoms with Crippen LogP contribution in [0.15, 0.2) is 48.9 Å². The minimum atomic E-state index is 0.551. The fourth-order valence-corrected chi connectivity index (χ4v) is 4.73. The molecule has 0 saturated heterocycles. The lowest BCUT2D eigenvalue weighted by atomic mass is 10.1. The van der Waals surface area contributed by atoms with Crippen LogP contribution in [0.5, 0.6) is 5.75 Å². The molecule has 0 saturated carbocycles. The van der Waals surface area contributed by atoms with Crippen LogP contribution in [-0.2, 0) is 0 Å². The van der Waals surface area contributed by atoms with E-state index in [2.05, 4.69) is 20.3 Å². The second-order valence-electron chi connectivity index (χ2n) is 6.33. The van der Waals surface area contributed by atoms with Crippen molar-refractivity contribution in [3.63, 3.8) is 0 Å². The number of thiazole rings is 1. The summed E-state index contributed by atoms with van der Waals surface area (Å²) in [5, 5.41) is 13.0. The number of fused-ring (bicyclic) bond motifs is 1. The molecule has 144 valence electrons. The largest absolute Gasteiger partial charge is 0.496 e.